The van der Waals surface area contributed by atoms with Crippen LogP contribution >= 0.6 is 0 Å². The minimum atomic E-state index is 0.861. The predicted octanol–water partition coefficient (Wildman–Crippen LogP) is 3.18. The summed E-state index contributed by atoms with van der Waals surface area (Å²) in [5.41, 5.74) is 0. The predicted molar refractivity (Wildman–Crippen MR) is 48.5 cm³/mol. The molecule has 10 heavy (non-hydrogen) atoms. The van der Waals surface area contributed by atoms with E-state index in [1.807, 2.05) is 0 Å². The molecule has 2 radical (unpaired) electrons. The third kappa shape index (κ3) is 4.90. The normalized spacial score (nSPS) is 13.4. The van der Waals surface area contributed by atoms with Crippen molar-refractivity contribution in [1.29, 1.82) is 0 Å². The van der Waals surface area contributed by atoms with Gasteiger partial charge in [-0.15, -0.1) is 0 Å². The van der Waals surface area contributed by atoms with Crippen molar-refractivity contribution in [3.63, 3.8) is 0 Å². The molecule has 0 spiro atoms. The summed E-state index contributed by atoms with van der Waals surface area (Å²) in [6.45, 7) is 4.53. The molecule has 1 atom stereocenters. The fourth-order valence-electron chi connectivity index (χ4n) is 1.37. The molecule has 0 aromatic rings. The molecule has 0 rings (SSSR count). The quantitative estimate of drug-likeness (QED) is 0.494. The van der Waals surface area contributed by atoms with Gasteiger partial charge in [0.1, 0.15) is 0 Å². The van der Waals surface area contributed by atoms with Crippen LogP contribution in [0.2, 0.25) is 6.32 Å². The van der Waals surface area contributed by atoms with Gasteiger partial charge < -0.3 is 0 Å². The highest BCUT2D eigenvalue weighted by atomic mass is 14.1. The second-order valence-corrected chi connectivity index (χ2v) is 2.99. The van der Waals surface area contributed by atoms with E-state index in [2.05, 4.69) is 13.8 Å². The molecule has 0 N–H and O–H groups in total. The van der Waals surface area contributed by atoms with Crippen molar-refractivity contribution in [3.05, 3.63) is 0 Å². The van der Waals surface area contributed by atoms with Crippen LogP contribution in [0.25, 0.3) is 0 Å². The van der Waals surface area contributed by atoms with Gasteiger partial charge in [-0.2, -0.15) is 0 Å². The van der Waals surface area contributed by atoms with E-state index in [9.17, 15) is 0 Å². The lowest BCUT2D eigenvalue weighted by atomic mass is 9.90. The van der Waals surface area contributed by atoms with E-state index in [1.165, 1.54) is 32.1 Å². The highest BCUT2D eigenvalue weighted by Crippen LogP contribution is 2.17. The van der Waals surface area contributed by atoms with Crippen molar-refractivity contribution < 1.29 is 0 Å². The van der Waals surface area contributed by atoms with Gasteiger partial charge in [-0.3, -0.25) is 0 Å². The minimum Gasteiger partial charge on any atom is -0.0887 e. The Morgan fingerprint density at radius 3 is 2.30 bits per heavy atom. The molecule has 0 fully saturated rings. The third-order valence-electron chi connectivity index (χ3n) is 2.09. The van der Waals surface area contributed by atoms with Gasteiger partial charge in [0.2, 0.25) is 0 Å². The van der Waals surface area contributed by atoms with Gasteiger partial charge in [0.25, 0.3) is 0 Å². The van der Waals surface area contributed by atoms with E-state index in [4.69, 9.17) is 7.85 Å². The maximum Gasteiger partial charge on any atom is 0.0653 e. The molecular formula is C9H19B. The number of hydrogen-bond acceptors (Lipinski definition) is 0. The third-order valence-corrected chi connectivity index (χ3v) is 2.09. The van der Waals surface area contributed by atoms with E-state index in [1.54, 1.807) is 0 Å². The molecule has 0 aliphatic rings. The number of hydrogen-bond donors (Lipinski definition) is 0. The molecule has 0 amide bonds. The molecule has 58 valence electrons. The minimum absolute atomic E-state index is 0.861. The first-order valence-corrected chi connectivity index (χ1v) is 4.55. The average molecular weight is 138 g/mol. The molecule has 0 heterocycles. The second-order valence-electron chi connectivity index (χ2n) is 2.99. The van der Waals surface area contributed by atoms with Crippen molar-refractivity contribution in [2.24, 2.45) is 5.92 Å². The van der Waals surface area contributed by atoms with Crippen LogP contribution in [0.5, 0.6) is 0 Å². The fraction of sp³-hybridized carbons (Fsp3) is 1.00. The van der Waals surface area contributed by atoms with Crippen LogP contribution in [0.3, 0.4) is 0 Å². The monoisotopic (exact) mass is 138 g/mol. The molecule has 0 bridgehead atoms. The summed E-state index contributed by atoms with van der Waals surface area (Å²) in [6.07, 6.45) is 7.44. The zero-order valence-corrected chi connectivity index (χ0v) is 7.40. The summed E-state index contributed by atoms with van der Waals surface area (Å²) in [5.74, 6) is 0.938. The lowest BCUT2D eigenvalue weighted by Gasteiger charge is -2.11. The van der Waals surface area contributed by atoms with E-state index >= 15 is 0 Å². The Kier molecular flexibility index (Phi) is 7.22. The van der Waals surface area contributed by atoms with Gasteiger partial charge in [0, 0.05) is 0 Å². The molecule has 0 aliphatic heterocycles. The molecule has 1 heteroatoms. The summed E-state index contributed by atoms with van der Waals surface area (Å²) in [5, 5.41) is 0. The molecule has 0 aromatic heterocycles. The van der Waals surface area contributed by atoms with Crippen LogP contribution < -0.4 is 0 Å². The average Bonchev–Trinajstić information content (AvgIpc) is 1.98. The topological polar surface area (TPSA) is 0 Å². The van der Waals surface area contributed by atoms with Crippen molar-refractivity contribution in [2.45, 2.75) is 52.3 Å². The van der Waals surface area contributed by atoms with E-state index in [-0.39, 0.29) is 0 Å². The summed E-state index contributed by atoms with van der Waals surface area (Å²) >= 11 is 0. The van der Waals surface area contributed by atoms with E-state index in [0.717, 1.165) is 12.2 Å². The number of rotatable bonds is 6. The van der Waals surface area contributed by atoms with Crippen molar-refractivity contribution in [2.75, 3.05) is 0 Å². The van der Waals surface area contributed by atoms with E-state index in [0.29, 0.717) is 0 Å². The maximum absolute atomic E-state index is 5.43. The summed E-state index contributed by atoms with van der Waals surface area (Å²) < 4.78 is 0. The largest absolute Gasteiger partial charge is 0.0887 e. The zero-order valence-electron chi connectivity index (χ0n) is 7.40. The smallest absolute Gasteiger partial charge is 0.0653 e. The summed E-state index contributed by atoms with van der Waals surface area (Å²) in [7, 11) is 5.43. The Morgan fingerprint density at radius 1 is 1.20 bits per heavy atom. The molecule has 1 unspecified atom stereocenters. The Bertz CT molecular complexity index is 61.7. The van der Waals surface area contributed by atoms with Crippen molar-refractivity contribution >= 4 is 7.85 Å². The van der Waals surface area contributed by atoms with Crippen molar-refractivity contribution in [1.82, 2.24) is 0 Å². The van der Waals surface area contributed by atoms with E-state index < -0.39 is 0 Å². The van der Waals surface area contributed by atoms with Crippen LogP contribution in [0.1, 0.15) is 46.0 Å². The summed E-state index contributed by atoms with van der Waals surface area (Å²) in [4.78, 5) is 0. The van der Waals surface area contributed by atoms with Crippen LogP contribution in [0, 0.1) is 5.92 Å². The van der Waals surface area contributed by atoms with Gasteiger partial charge >= 0.3 is 0 Å². The lowest BCUT2D eigenvalue weighted by Crippen LogP contribution is -1.97. The first kappa shape index (κ1) is 10.1. The Morgan fingerprint density at radius 2 is 1.90 bits per heavy atom. The molecule has 0 nitrogen and oxygen atoms in total. The Labute approximate surface area is 66.8 Å². The zero-order chi connectivity index (χ0) is 7.82. The second kappa shape index (κ2) is 7.18. The maximum atomic E-state index is 5.43. The van der Waals surface area contributed by atoms with Gasteiger partial charge in [-0.25, -0.2) is 0 Å². The SMILES string of the molecule is [B]CCCC(CC)CCC. The Balaban J connectivity index is 3.21. The first-order valence-electron chi connectivity index (χ1n) is 4.55. The van der Waals surface area contributed by atoms with Crippen LogP contribution in [-0.4, -0.2) is 7.85 Å². The molecule has 0 saturated carbocycles. The Hall–Kier alpha value is 0.0649. The lowest BCUT2D eigenvalue weighted by molar-refractivity contribution is 0.428. The van der Waals surface area contributed by atoms with Crippen LogP contribution in [-0.2, 0) is 0 Å². The standard InChI is InChI=1S/C9H19B/c1-3-6-9(4-2)7-5-8-10/h9H,3-8H2,1-2H3. The fourth-order valence-corrected chi connectivity index (χ4v) is 1.37. The van der Waals surface area contributed by atoms with Gasteiger partial charge in [0.15, 0.2) is 0 Å². The molecular weight excluding hydrogens is 119 g/mol. The van der Waals surface area contributed by atoms with Crippen LogP contribution in [0.4, 0.5) is 0 Å². The molecule has 0 aromatic carbocycles. The van der Waals surface area contributed by atoms with Crippen LogP contribution in [0.15, 0.2) is 0 Å². The molecule has 0 aliphatic carbocycles. The highest BCUT2D eigenvalue weighted by Gasteiger charge is 2.02. The first-order chi connectivity index (χ1) is 4.85. The van der Waals surface area contributed by atoms with Gasteiger partial charge in [0.05, 0.1) is 7.85 Å². The van der Waals surface area contributed by atoms with Gasteiger partial charge in [-0.05, 0) is 5.92 Å². The van der Waals surface area contributed by atoms with Crippen molar-refractivity contribution in [3.8, 4) is 0 Å². The van der Waals surface area contributed by atoms with Gasteiger partial charge in [-0.1, -0.05) is 52.3 Å². The molecule has 0 saturated heterocycles. The summed E-state index contributed by atoms with van der Waals surface area (Å²) in [6, 6.07) is 0. The highest BCUT2D eigenvalue weighted by molar-refractivity contribution is 6.08.